The summed E-state index contributed by atoms with van der Waals surface area (Å²) in [4.78, 5) is 50.9. The van der Waals surface area contributed by atoms with Gasteiger partial charge in [0.05, 0.1) is 42.3 Å². The standard InChI is InChI=1S/C39H52N8O14/c1-43(2)9-5-11-45-34(55)19-7-8-20-26-25(19)21(36(45)57)13-22(27(26)37(58)46(35(20)56)12-6-10-44(3)4)40-14-18-15-47(42-41-18)38-32(54)33(29(51)24(17-49)59-38)61-39-31(53)30(52)28(50)23(16-48)60-39/h7-8,13,15,23-24,28-33,38-39,48-54,56H,5-6,9-12,14,16-17H2,1-4H3/t23-,24-,28-,29-,30+,31-,32-,33+,38-,39-/m1/s1. The monoisotopic (exact) mass is 856 g/mol. The van der Waals surface area contributed by atoms with Crippen molar-refractivity contribution >= 4 is 21.5 Å². The van der Waals surface area contributed by atoms with Crippen LogP contribution in [0.15, 0.2) is 43.8 Å². The molecule has 5 heterocycles. The molecule has 4 aliphatic rings. The van der Waals surface area contributed by atoms with E-state index in [-0.39, 0.29) is 69.2 Å². The van der Waals surface area contributed by atoms with Gasteiger partial charge in [-0.25, -0.2) is 4.68 Å². The van der Waals surface area contributed by atoms with Gasteiger partial charge in [0.15, 0.2) is 12.5 Å². The van der Waals surface area contributed by atoms with Crippen LogP contribution in [0.2, 0.25) is 0 Å². The van der Waals surface area contributed by atoms with Crippen molar-refractivity contribution in [2.75, 3.05) is 54.5 Å². The van der Waals surface area contributed by atoms with Gasteiger partial charge in [0.1, 0.15) is 54.5 Å². The number of rotatable bonds is 15. The first-order chi connectivity index (χ1) is 29.1. The predicted molar refractivity (Wildman–Crippen MR) is 214 cm³/mol. The molecule has 332 valence electrons. The van der Waals surface area contributed by atoms with Gasteiger partial charge in [-0.2, -0.15) is 0 Å². The molecule has 1 aromatic carbocycles. The molecule has 8 N–H and O–H groups in total. The number of hydrogen-bond acceptors (Lipinski definition) is 19. The fraction of sp³-hybridized carbons (Fsp3) is 0.590. The van der Waals surface area contributed by atoms with Gasteiger partial charge in [-0.3, -0.25) is 28.5 Å². The van der Waals surface area contributed by atoms with Gasteiger partial charge in [-0.05, 0) is 72.3 Å². The summed E-state index contributed by atoms with van der Waals surface area (Å²) in [6.45, 7) is -0.202. The van der Waals surface area contributed by atoms with Crippen LogP contribution >= 0.6 is 0 Å². The smallest absolute Gasteiger partial charge is 0.263 e. The van der Waals surface area contributed by atoms with Crippen LogP contribution in [-0.4, -0.2) is 184 Å². The number of aromatic hydroxyl groups is 1. The summed E-state index contributed by atoms with van der Waals surface area (Å²) in [6.07, 6.45) is -14.0. The highest BCUT2D eigenvalue weighted by molar-refractivity contribution is 6.15. The molecule has 61 heavy (non-hydrogen) atoms. The van der Waals surface area contributed by atoms with Crippen molar-refractivity contribution in [1.29, 1.82) is 0 Å². The summed E-state index contributed by atoms with van der Waals surface area (Å²) < 4.78 is 20.4. The zero-order valence-corrected chi connectivity index (χ0v) is 34.1. The van der Waals surface area contributed by atoms with Gasteiger partial charge in [-0.1, -0.05) is 5.21 Å². The third kappa shape index (κ3) is 8.26. The highest BCUT2D eigenvalue weighted by Crippen LogP contribution is 2.37. The number of aliphatic hydroxyl groups is 7. The average Bonchev–Trinajstić information content (AvgIpc) is 3.70. The summed E-state index contributed by atoms with van der Waals surface area (Å²) in [5, 5.41) is 93.6. The lowest BCUT2D eigenvalue weighted by atomic mass is 9.90. The molecule has 2 aromatic heterocycles. The molecular formula is C39H52N8O14. The van der Waals surface area contributed by atoms with E-state index in [1.54, 1.807) is 12.1 Å². The van der Waals surface area contributed by atoms with E-state index in [0.717, 1.165) is 4.68 Å². The fourth-order valence-electron chi connectivity index (χ4n) is 8.14. The number of hydrogen-bond donors (Lipinski definition) is 8. The van der Waals surface area contributed by atoms with E-state index in [0.29, 0.717) is 25.9 Å². The average molecular weight is 857 g/mol. The lowest BCUT2D eigenvalue weighted by molar-refractivity contribution is -0.347. The van der Waals surface area contributed by atoms with E-state index in [1.807, 2.05) is 38.0 Å². The van der Waals surface area contributed by atoms with Crippen LogP contribution in [0.4, 0.5) is 0 Å². The van der Waals surface area contributed by atoms with E-state index in [2.05, 4.69) is 10.3 Å². The molecule has 3 aromatic rings. The Labute approximate surface area is 346 Å². The number of nitrogens with zero attached hydrogens (tertiary/aromatic N) is 8. The van der Waals surface area contributed by atoms with Gasteiger partial charge in [-0.15, -0.1) is 5.10 Å². The molecule has 2 saturated heterocycles. The molecule has 22 heteroatoms. The quantitative estimate of drug-likeness (QED) is 0.0463. The molecule has 0 radical (unpaired) electrons. The molecule has 0 saturated carbocycles. The molecule has 1 aliphatic carbocycles. The number of benzene rings is 2. The summed E-state index contributed by atoms with van der Waals surface area (Å²) in [5.74, 6) is -0.312. The predicted octanol–water partition coefficient (Wildman–Crippen LogP) is -4.24. The molecule has 7 rings (SSSR count). The van der Waals surface area contributed by atoms with Crippen LogP contribution in [0.3, 0.4) is 0 Å². The van der Waals surface area contributed by atoms with Crippen LogP contribution in [0.25, 0.3) is 32.7 Å². The molecule has 0 bridgehead atoms. The molecule has 10 atom stereocenters. The maximum atomic E-state index is 14.4. The van der Waals surface area contributed by atoms with E-state index < -0.39 is 91.2 Å². The third-order valence-corrected chi connectivity index (χ3v) is 11.4. The molecule has 2 fully saturated rings. The largest absolute Gasteiger partial charge is 0.494 e. The first kappa shape index (κ1) is 44.5. The number of ether oxygens (including phenoxy) is 3. The highest BCUT2D eigenvalue weighted by atomic mass is 16.7. The van der Waals surface area contributed by atoms with Crippen LogP contribution in [0.5, 0.6) is 5.88 Å². The maximum Gasteiger partial charge on any atom is 0.263 e. The van der Waals surface area contributed by atoms with Crippen molar-refractivity contribution in [3.63, 3.8) is 0 Å². The molecule has 22 nitrogen and oxygen atoms in total. The maximum absolute atomic E-state index is 14.4. The normalized spacial score (nSPS) is 27.8. The second-order valence-corrected chi connectivity index (χ2v) is 16.1. The Balaban J connectivity index is 1.28. The van der Waals surface area contributed by atoms with Gasteiger partial charge < -0.3 is 64.9 Å². The van der Waals surface area contributed by atoms with E-state index >= 15 is 0 Å². The lowest BCUT2D eigenvalue weighted by Crippen LogP contribution is -2.63. The summed E-state index contributed by atoms with van der Waals surface area (Å²) in [7, 11) is 7.53. The SMILES string of the molecule is CN(C)CCCn1c(O)c2ccc3c4c2c(c(=NCc2cn([C@@H]5O[C@H](CO)[C@@H](O)[C@H](O[C@H]6O[C@H](CO)[C@@H](O)[C@H](O)[C@H]6O)[C@H]5O)nn2)cc-4c(=O)n(CCCN(C)C)c3=O)c1=O. The second kappa shape index (κ2) is 18.0. The lowest BCUT2D eigenvalue weighted by Gasteiger charge is -2.45. The molecule has 0 spiro atoms. The summed E-state index contributed by atoms with van der Waals surface area (Å²) in [6, 6.07) is 4.58. The Morgan fingerprint density at radius 2 is 1.41 bits per heavy atom. The van der Waals surface area contributed by atoms with Crippen LogP contribution in [0, 0.1) is 0 Å². The molecule has 0 amide bonds. The topological polar surface area (TPSA) is 300 Å². The Hall–Kier alpha value is -4.56. The molecule has 3 aliphatic heterocycles. The van der Waals surface area contributed by atoms with E-state index in [1.165, 1.54) is 21.4 Å². The Morgan fingerprint density at radius 3 is 2.07 bits per heavy atom. The van der Waals surface area contributed by atoms with Crippen molar-refractivity contribution < 1.29 is 55.1 Å². The van der Waals surface area contributed by atoms with Crippen LogP contribution in [-0.2, 0) is 33.8 Å². The van der Waals surface area contributed by atoms with E-state index in [9.17, 15) is 55.2 Å². The minimum absolute atomic E-state index is 0.0753. The van der Waals surface area contributed by atoms with Gasteiger partial charge in [0, 0.05) is 34.8 Å². The number of pyridine rings is 2. The van der Waals surface area contributed by atoms with Crippen LogP contribution < -0.4 is 22.0 Å². The van der Waals surface area contributed by atoms with E-state index in [4.69, 9.17) is 19.2 Å². The van der Waals surface area contributed by atoms with Crippen LogP contribution in [0.1, 0.15) is 24.8 Å². The summed E-state index contributed by atoms with van der Waals surface area (Å²) >= 11 is 0. The Kier molecular flexibility index (Phi) is 13.2. The zero-order chi connectivity index (χ0) is 44.0. The van der Waals surface area contributed by atoms with Crippen molar-refractivity contribution in [2.45, 2.75) is 93.8 Å². The van der Waals surface area contributed by atoms with Crippen molar-refractivity contribution in [3.05, 3.63) is 66.5 Å². The van der Waals surface area contributed by atoms with Crippen molar-refractivity contribution in [2.24, 2.45) is 4.99 Å². The number of aliphatic hydroxyl groups excluding tert-OH is 7. The van der Waals surface area contributed by atoms with Crippen molar-refractivity contribution in [3.8, 4) is 17.0 Å². The Morgan fingerprint density at radius 1 is 0.770 bits per heavy atom. The number of aromatic nitrogens is 5. The first-order valence-electron chi connectivity index (χ1n) is 19.9. The first-order valence-corrected chi connectivity index (χ1v) is 19.9. The fourth-order valence-corrected chi connectivity index (χ4v) is 8.14. The highest BCUT2D eigenvalue weighted by Gasteiger charge is 2.51. The summed E-state index contributed by atoms with van der Waals surface area (Å²) in [5.41, 5.74) is -1.13. The minimum atomic E-state index is -1.86. The van der Waals surface area contributed by atoms with Gasteiger partial charge in [0.25, 0.3) is 16.7 Å². The van der Waals surface area contributed by atoms with Crippen molar-refractivity contribution in [1.82, 2.24) is 33.9 Å². The minimum Gasteiger partial charge on any atom is -0.494 e. The zero-order valence-electron chi connectivity index (χ0n) is 34.1. The molecule has 0 unspecified atom stereocenters. The Bertz CT molecular complexity index is 2530. The molecular weight excluding hydrogens is 804 g/mol. The second-order valence-electron chi connectivity index (χ2n) is 16.1. The van der Waals surface area contributed by atoms with Gasteiger partial charge in [0.2, 0.25) is 5.88 Å². The third-order valence-electron chi connectivity index (χ3n) is 11.4. The van der Waals surface area contributed by atoms with Gasteiger partial charge >= 0.3 is 0 Å².